The number of aryl methyl sites for hydroxylation is 1. The van der Waals surface area contributed by atoms with Crippen LogP contribution in [0.4, 0.5) is 0 Å². The number of rotatable bonds is 1. The first-order valence-electron chi connectivity index (χ1n) is 7.40. The standard InChI is InChI=1S/C20H14Br2O/c1-12-3-2-4-13(9-12)20(23)18-10-14(21)5-7-16(18)17-8-6-15(22)11-19(17)20/h2-11,23H,1H3. The Balaban J connectivity index is 2.10. The molecule has 0 heterocycles. The van der Waals surface area contributed by atoms with Crippen molar-refractivity contribution < 1.29 is 5.11 Å². The number of benzene rings is 3. The normalized spacial score (nSPS) is 14.4. The molecule has 0 saturated heterocycles. The van der Waals surface area contributed by atoms with Crippen LogP contribution in [0.5, 0.6) is 0 Å². The Morgan fingerprint density at radius 1 is 0.783 bits per heavy atom. The largest absolute Gasteiger partial charge is 0.376 e. The van der Waals surface area contributed by atoms with Crippen LogP contribution in [0.2, 0.25) is 0 Å². The fraction of sp³-hybridized carbons (Fsp3) is 0.100. The summed E-state index contributed by atoms with van der Waals surface area (Å²) in [7, 11) is 0. The van der Waals surface area contributed by atoms with Gasteiger partial charge in [-0.1, -0.05) is 73.8 Å². The summed E-state index contributed by atoms with van der Waals surface area (Å²) in [5.41, 5.74) is 4.91. The van der Waals surface area contributed by atoms with Gasteiger partial charge in [0.2, 0.25) is 0 Å². The average Bonchev–Trinajstić information content (AvgIpc) is 2.77. The highest BCUT2D eigenvalue weighted by Crippen LogP contribution is 2.52. The van der Waals surface area contributed by atoms with Crippen LogP contribution in [-0.2, 0) is 5.60 Å². The lowest BCUT2D eigenvalue weighted by Crippen LogP contribution is -2.26. The van der Waals surface area contributed by atoms with Gasteiger partial charge >= 0.3 is 0 Å². The van der Waals surface area contributed by atoms with Gasteiger partial charge in [0, 0.05) is 20.1 Å². The molecule has 3 aromatic rings. The molecule has 0 aromatic heterocycles. The minimum atomic E-state index is -1.13. The summed E-state index contributed by atoms with van der Waals surface area (Å²) < 4.78 is 1.93. The maximum Gasteiger partial charge on any atom is 0.141 e. The Kier molecular flexibility index (Phi) is 3.49. The summed E-state index contributed by atoms with van der Waals surface area (Å²) in [6.07, 6.45) is 0. The third-order valence-electron chi connectivity index (χ3n) is 4.47. The molecule has 0 spiro atoms. The van der Waals surface area contributed by atoms with Gasteiger partial charge in [-0.25, -0.2) is 0 Å². The van der Waals surface area contributed by atoms with E-state index in [9.17, 15) is 5.11 Å². The van der Waals surface area contributed by atoms with Crippen molar-refractivity contribution in [3.8, 4) is 11.1 Å². The second-order valence-electron chi connectivity index (χ2n) is 5.96. The molecule has 0 amide bonds. The Labute approximate surface area is 152 Å². The van der Waals surface area contributed by atoms with E-state index in [0.29, 0.717) is 0 Å². The van der Waals surface area contributed by atoms with Crippen molar-refractivity contribution in [2.24, 2.45) is 0 Å². The molecule has 1 N–H and O–H groups in total. The van der Waals surface area contributed by atoms with Crippen molar-refractivity contribution in [1.29, 1.82) is 0 Å². The van der Waals surface area contributed by atoms with Crippen molar-refractivity contribution in [2.75, 3.05) is 0 Å². The average molecular weight is 430 g/mol. The van der Waals surface area contributed by atoms with Gasteiger partial charge < -0.3 is 5.11 Å². The van der Waals surface area contributed by atoms with E-state index in [4.69, 9.17) is 0 Å². The number of halogens is 2. The van der Waals surface area contributed by atoms with Crippen LogP contribution in [0, 0.1) is 6.92 Å². The van der Waals surface area contributed by atoms with Gasteiger partial charge in [0.05, 0.1) is 0 Å². The molecule has 1 aliphatic carbocycles. The Bertz CT molecular complexity index is 879. The first-order chi connectivity index (χ1) is 11.0. The van der Waals surface area contributed by atoms with Crippen molar-refractivity contribution in [3.05, 3.63) is 91.9 Å². The number of hydrogen-bond acceptors (Lipinski definition) is 1. The number of aliphatic hydroxyl groups is 1. The third kappa shape index (κ3) is 2.22. The van der Waals surface area contributed by atoms with Gasteiger partial charge in [0.15, 0.2) is 0 Å². The van der Waals surface area contributed by atoms with E-state index < -0.39 is 5.60 Å². The van der Waals surface area contributed by atoms with E-state index in [1.807, 2.05) is 49.4 Å². The van der Waals surface area contributed by atoms with Crippen LogP contribution in [0.1, 0.15) is 22.3 Å². The van der Waals surface area contributed by atoms with Gasteiger partial charge in [-0.05, 0) is 47.9 Å². The van der Waals surface area contributed by atoms with Gasteiger partial charge in [0.1, 0.15) is 5.60 Å². The molecule has 3 heteroatoms. The monoisotopic (exact) mass is 428 g/mol. The van der Waals surface area contributed by atoms with E-state index in [1.165, 1.54) is 0 Å². The molecule has 0 bridgehead atoms. The van der Waals surface area contributed by atoms with Crippen molar-refractivity contribution in [3.63, 3.8) is 0 Å². The van der Waals surface area contributed by atoms with E-state index in [2.05, 4.69) is 50.1 Å². The van der Waals surface area contributed by atoms with Gasteiger partial charge in [-0.15, -0.1) is 0 Å². The summed E-state index contributed by atoms with van der Waals surface area (Å²) >= 11 is 7.08. The van der Waals surface area contributed by atoms with Crippen LogP contribution in [-0.4, -0.2) is 5.11 Å². The van der Waals surface area contributed by atoms with Crippen molar-refractivity contribution in [2.45, 2.75) is 12.5 Å². The van der Waals surface area contributed by atoms with Crippen LogP contribution in [0.25, 0.3) is 11.1 Å². The molecule has 0 fully saturated rings. The molecule has 0 aliphatic heterocycles. The van der Waals surface area contributed by atoms with Gasteiger partial charge in [-0.2, -0.15) is 0 Å². The molecule has 114 valence electrons. The van der Waals surface area contributed by atoms with E-state index in [0.717, 1.165) is 42.3 Å². The molecular formula is C20H14Br2O. The predicted molar refractivity (Wildman–Crippen MR) is 101 cm³/mol. The lowest BCUT2D eigenvalue weighted by atomic mass is 9.84. The SMILES string of the molecule is Cc1cccc(C2(O)c3cc(Br)ccc3-c3ccc(Br)cc32)c1. The summed E-state index contributed by atoms with van der Waals surface area (Å²) in [4.78, 5) is 0. The van der Waals surface area contributed by atoms with Crippen molar-refractivity contribution >= 4 is 31.9 Å². The summed E-state index contributed by atoms with van der Waals surface area (Å²) in [6.45, 7) is 2.05. The minimum absolute atomic E-state index is 0.897. The van der Waals surface area contributed by atoms with Gasteiger partial charge in [-0.3, -0.25) is 0 Å². The fourth-order valence-electron chi connectivity index (χ4n) is 3.43. The zero-order chi connectivity index (χ0) is 16.2. The highest BCUT2D eigenvalue weighted by atomic mass is 79.9. The summed E-state index contributed by atoms with van der Waals surface area (Å²) in [5, 5.41) is 11.8. The van der Waals surface area contributed by atoms with E-state index >= 15 is 0 Å². The van der Waals surface area contributed by atoms with Crippen molar-refractivity contribution in [1.82, 2.24) is 0 Å². The quantitative estimate of drug-likeness (QED) is 0.519. The molecule has 0 unspecified atom stereocenters. The molecule has 1 nitrogen and oxygen atoms in total. The zero-order valence-corrected chi connectivity index (χ0v) is 15.6. The van der Waals surface area contributed by atoms with Gasteiger partial charge in [0.25, 0.3) is 0 Å². The maximum atomic E-state index is 11.8. The fourth-order valence-corrected chi connectivity index (χ4v) is 4.15. The second-order valence-corrected chi connectivity index (χ2v) is 7.79. The lowest BCUT2D eigenvalue weighted by molar-refractivity contribution is 0.130. The molecule has 23 heavy (non-hydrogen) atoms. The first kappa shape index (κ1) is 15.1. The predicted octanol–water partition coefficient (Wildman–Crippen LogP) is 5.78. The smallest absolute Gasteiger partial charge is 0.141 e. The third-order valence-corrected chi connectivity index (χ3v) is 5.46. The molecule has 0 saturated carbocycles. The number of hydrogen-bond donors (Lipinski definition) is 1. The van der Waals surface area contributed by atoms with Crippen LogP contribution < -0.4 is 0 Å². The number of fused-ring (bicyclic) bond motifs is 3. The highest BCUT2D eigenvalue weighted by molar-refractivity contribution is 9.10. The minimum Gasteiger partial charge on any atom is -0.376 e. The van der Waals surface area contributed by atoms with Crippen LogP contribution in [0.15, 0.2) is 69.6 Å². The zero-order valence-electron chi connectivity index (χ0n) is 12.5. The summed E-state index contributed by atoms with van der Waals surface area (Å²) in [6, 6.07) is 20.3. The Morgan fingerprint density at radius 2 is 1.35 bits per heavy atom. The first-order valence-corrected chi connectivity index (χ1v) is 8.99. The topological polar surface area (TPSA) is 20.2 Å². The molecule has 0 radical (unpaired) electrons. The molecular weight excluding hydrogens is 416 g/mol. The molecule has 3 aromatic carbocycles. The second kappa shape index (κ2) is 5.30. The highest BCUT2D eigenvalue weighted by Gasteiger charge is 2.43. The maximum absolute atomic E-state index is 11.8. The lowest BCUT2D eigenvalue weighted by Gasteiger charge is -2.27. The van der Waals surface area contributed by atoms with Crippen LogP contribution in [0.3, 0.4) is 0 Å². The van der Waals surface area contributed by atoms with E-state index in [1.54, 1.807) is 0 Å². The molecule has 4 rings (SSSR count). The summed E-state index contributed by atoms with van der Waals surface area (Å²) in [5.74, 6) is 0. The Hall–Kier alpha value is -1.42. The Morgan fingerprint density at radius 3 is 1.87 bits per heavy atom. The molecule has 1 aliphatic rings. The van der Waals surface area contributed by atoms with E-state index in [-0.39, 0.29) is 0 Å². The molecule has 0 atom stereocenters. The van der Waals surface area contributed by atoms with Crippen LogP contribution >= 0.6 is 31.9 Å².